The monoisotopic (exact) mass is 422 g/mol. The van der Waals surface area contributed by atoms with Crippen LogP contribution in [0.2, 0.25) is 0 Å². The molecule has 6 heteroatoms. The van der Waals surface area contributed by atoms with Gasteiger partial charge in [-0.1, -0.05) is 48.6 Å². The van der Waals surface area contributed by atoms with E-state index in [1.807, 2.05) is 6.07 Å². The first-order chi connectivity index (χ1) is 15.5. The number of nitrogens with zero attached hydrogens (tertiary/aromatic N) is 1. The molecule has 3 atom stereocenters. The number of benzene rings is 3. The number of rotatable bonds is 2. The summed E-state index contributed by atoms with van der Waals surface area (Å²) in [7, 11) is 0. The highest BCUT2D eigenvalue weighted by molar-refractivity contribution is 6.29. The smallest absolute Gasteiger partial charge is 0.269 e. The third-order valence-corrected chi connectivity index (χ3v) is 6.88. The van der Waals surface area contributed by atoms with Gasteiger partial charge in [-0.05, 0) is 35.6 Å². The Morgan fingerprint density at radius 3 is 2.31 bits per heavy atom. The number of allylic oxidation sites excluding steroid dienone is 2. The molecular weight excluding hydrogens is 404 g/mol. The maximum absolute atomic E-state index is 13.5. The summed E-state index contributed by atoms with van der Waals surface area (Å²) in [4.78, 5) is 37.3. The molecule has 2 aliphatic carbocycles. The summed E-state index contributed by atoms with van der Waals surface area (Å²) >= 11 is 0. The molecule has 0 fully saturated rings. The lowest BCUT2D eigenvalue weighted by molar-refractivity contribution is -0.384. The number of hydrogen-bond donors (Lipinski definition) is 1. The Bertz CT molecular complexity index is 1360. The maximum Gasteiger partial charge on any atom is 0.269 e. The summed E-state index contributed by atoms with van der Waals surface area (Å²) in [5.74, 6) is -0.0883. The average molecular weight is 422 g/mol. The van der Waals surface area contributed by atoms with E-state index in [1.165, 1.54) is 12.1 Å². The first-order valence-corrected chi connectivity index (χ1v) is 10.6. The number of fused-ring (bicyclic) bond motifs is 6. The van der Waals surface area contributed by atoms with E-state index in [-0.39, 0.29) is 35.1 Å². The molecule has 156 valence electrons. The molecule has 0 saturated carbocycles. The molecule has 3 aliphatic rings. The zero-order valence-electron chi connectivity index (χ0n) is 16.9. The summed E-state index contributed by atoms with van der Waals surface area (Å²) in [6, 6.07) is 17.2. The highest BCUT2D eigenvalue weighted by Crippen LogP contribution is 2.52. The number of carbonyl (C=O) groups excluding carboxylic acids is 2. The van der Waals surface area contributed by atoms with Gasteiger partial charge in [-0.2, -0.15) is 0 Å². The van der Waals surface area contributed by atoms with Gasteiger partial charge in [-0.15, -0.1) is 0 Å². The van der Waals surface area contributed by atoms with E-state index in [1.54, 1.807) is 42.5 Å². The van der Waals surface area contributed by atoms with Crippen LogP contribution in [0, 0.1) is 16.0 Å². The zero-order valence-corrected chi connectivity index (χ0v) is 16.9. The molecule has 0 bridgehead atoms. The molecule has 0 saturated heterocycles. The summed E-state index contributed by atoms with van der Waals surface area (Å²) in [5.41, 5.74) is 4.61. The molecule has 3 aromatic carbocycles. The van der Waals surface area contributed by atoms with Gasteiger partial charge in [0.15, 0.2) is 11.6 Å². The molecule has 1 N–H and O–H groups in total. The Morgan fingerprint density at radius 2 is 1.59 bits per heavy atom. The normalized spacial score (nSPS) is 22.4. The fourth-order valence-electron chi connectivity index (χ4n) is 5.42. The fourth-order valence-corrected chi connectivity index (χ4v) is 5.42. The van der Waals surface area contributed by atoms with E-state index in [0.717, 1.165) is 23.2 Å². The van der Waals surface area contributed by atoms with Crippen molar-refractivity contribution in [2.45, 2.75) is 18.4 Å². The molecule has 1 aliphatic heterocycles. The SMILES string of the molecule is O=C1c2ccccc2C(=O)c2c1ccc1c2[C@@H]2C=CC[C@@H]2[C@H](c2ccc([N+](=O)[O-])cc2)N1. The van der Waals surface area contributed by atoms with Crippen molar-refractivity contribution in [3.63, 3.8) is 0 Å². The van der Waals surface area contributed by atoms with Crippen molar-refractivity contribution in [1.29, 1.82) is 0 Å². The van der Waals surface area contributed by atoms with E-state index in [2.05, 4.69) is 17.5 Å². The molecule has 0 spiro atoms. The Kier molecular flexibility index (Phi) is 3.92. The molecule has 0 unspecified atom stereocenters. The van der Waals surface area contributed by atoms with Gasteiger partial charge in [0.1, 0.15) is 0 Å². The van der Waals surface area contributed by atoms with Crippen LogP contribution in [0.5, 0.6) is 0 Å². The molecule has 1 heterocycles. The van der Waals surface area contributed by atoms with Gasteiger partial charge in [-0.3, -0.25) is 19.7 Å². The Balaban J connectivity index is 1.48. The van der Waals surface area contributed by atoms with Gasteiger partial charge >= 0.3 is 0 Å². The lowest BCUT2D eigenvalue weighted by Gasteiger charge is -2.39. The van der Waals surface area contributed by atoms with Crippen LogP contribution < -0.4 is 5.32 Å². The number of non-ortho nitro benzene ring substituents is 1. The largest absolute Gasteiger partial charge is 0.378 e. The summed E-state index contributed by atoms with van der Waals surface area (Å²) in [5, 5.41) is 14.6. The maximum atomic E-state index is 13.5. The molecule has 32 heavy (non-hydrogen) atoms. The van der Waals surface area contributed by atoms with E-state index < -0.39 is 4.92 Å². The van der Waals surface area contributed by atoms with Crippen LogP contribution in [0.4, 0.5) is 11.4 Å². The van der Waals surface area contributed by atoms with Crippen molar-refractivity contribution in [3.05, 3.63) is 116 Å². The van der Waals surface area contributed by atoms with E-state index in [9.17, 15) is 19.7 Å². The fraction of sp³-hybridized carbons (Fsp3) is 0.154. The first-order valence-electron chi connectivity index (χ1n) is 10.6. The highest BCUT2D eigenvalue weighted by atomic mass is 16.6. The summed E-state index contributed by atoms with van der Waals surface area (Å²) in [6.07, 6.45) is 5.06. The van der Waals surface area contributed by atoms with Gasteiger partial charge in [-0.25, -0.2) is 0 Å². The van der Waals surface area contributed by atoms with Crippen molar-refractivity contribution in [2.24, 2.45) is 5.92 Å². The van der Waals surface area contributed by atoms with Crippen molar-refractivity contribution in [2.75, 3.05) is 5.32 Å². The number of anilines is 1. The highest BCUT2D eigenvalue weighted by Gasteiger charge is 2.43. The summed E-state index contributed by atoms with van der Waals surface area (Å²) in [6.45, 7) is 0. The molecular formula is C26H18N2O4. The number of nitrogens with one attached hydrogen (secondary N) is 1. The topological polar surface area (TPSA) is 89.3 Å². The minimum absolute atomic E-state index is 0.0107. The van der Waals surface area contributed by atoms with Crippen molar-refractivity contribution >= 4 is 22.9 Å². The second-order valence-corrected chi connectivity index (χ2v) is 8.48. The van der Waals surface area contributed by atoms with Crippen molar-refractivity contribution in [3.8, 4) is 0 Å². The minimum atomic E-state index is -0.403. The third-order valence-electron chi connectivity index (χ3n) is 6.88. The van der Waals surface area contributed by atoms with Crippen LogP contribution in [0.3, 0.4) is 0 Å². The molecule has 0 radical (unpaired) electrons. The molecule has 0 aromatic heterocycles. The van der Waals surface area contributed by atoms with Gasteiger partial charge in [0.2, 0.25) is 0 Å². The zero-order chi connectivity index (χ0) is 22.0. The third kappa shape index (κ3) is 2.52. The predicted molar refractivity (Wildman–Crippen MR) is 119 cm³/mol. The number of nitro groups is 1. The Morgan fingerprint density at radius 1 is 0.875 bits per heavy atom. The van der Waals surface area contributed by atoms with Crippen molar-refractivity contribution < 1.29 is 14.5 Å². The Hall–Kier alpha value is -4.06. The molecule has 3 aromatic rings. The average Bonchev–Trinajstić information content (AvgIpc) is 3.31. The van der Waals surface area contributed by atoms with Crippen LogP contribution in [0.15, 0.2) is 72.8 Å². The van der Waals surface area contributed by atoms with Crippen LogP contribution in [-0.2, 0) is 0 Å². The quantitative estimate of drug-likeness (QED) is 0.273. The van der Waals surface area contributed by atoms with Crippen LogP contribution in [0.25, 0.3) is 0 Å². The van der Waals surface area contributed by atoms with E-state index in [0.29, 0.717) is 22.3 Å². The molecule has 6 nitrogen and oxygen atoms in total. The lowest BCUT2D eigenvalue weighted by Crippen LogP contribution is -2.32. The predicted octanol–water partition coefficient (Wildman–Crippen LogP) is 5.20. The Labute approximate surface area is 183 Å². The number of hydrogen-bond acceptors (Lipinski definition) is 5. The minimum Gasteiger partial charge on any atom is -0.378 e. The van der Waals surface area contributed by atoms with Gasteiger partial charge in [0.05, 0.1) is 11.0 Å². The van der Waals surface area contributed by atoms with Crippen LogP contribution >= 0.6 is 0 Å². The van der Waals surface area contributed by atoms with Crippen molar-refractivity contribution in [1.82, 2.24) is 0 Å². The van der Waals surface area contributed by atoms with E-state index in [4.69, 9.17) is 0 Å². The second-order valence-electron chi connectivity index (χ2n) is 8.48. The number of nitro benzene ring substituents is 1. The second kappa shape index (κ2) is 6.72. The lowest BCUT2D eigenvalue weighted by atomic mass is 9.71. The molecule has 6 rings (SSSR count). The van der Waals surface area contributed by atoms with Crippen LogP contribution in [0.1, 0.15) is 61.4 Å². The molecule has 0 amide bonds. The number of carbonyl (C=O) groups is 2. The first kappa shape index (κ1) is 18.7. The van der Waals surface area contributed by atoms with E-state index >= 15 is 0 Å². The van der Waals surface area contributed by atoms with Crippen LogP contribution in [-0.4, -0.2) is 16.5 Å². The van der Waals surface area contributed by atoms with Gasteiger partial charge in [0.25, 0.3) is 5.69 Å². The number of ketones is 2. The summed E-state index contributed by atoms with van der Waals surface area (Å²) < 4.78 is 0. The standard InChI is InChI=1S/C26H18N2O4/c29-25-18-4-1-2-5-19(18)26(30)23-20(25)12-13-21-22(23)16-6-3-7-17(16)24(27-21)14-8-10-15(11-9-14)28(31)32/h1-6,8-13,16-17,24,27H,7H2/t16-,17+,24+/m1/s1. The van der Waals surface area contributed by atoms with Gasteiger partial charge < -0.3 is 5.32 Å². The van der Waals surface area contributed by atoms with Gasteiger partial charge in [0, 0.05) is 46.0 Å².